The lowest BCUT2D eigenvalue weighted by molar-refractivity contribution is -0.115. The summed E-state index contributed by atoms with van der Waals surface area (Å²) in [6.45, 7) is 18.1. The Hall–Kier alpha value is -8.55. The van der Waals surface area contributed by atoms with Crippen molar-refractivity contribution in [3.63, 3.8) is 0 Å². The summed E-state index contributed by atoms with van der Waals surface area (Å²) >= 11 is 0. The predicted molar refractivity (Wildman–Crippen MR) is 321 cm³/mol. The van der Waals surface area contributed by atoms with Crippen LogP contribution in [0.2, 0.25) is 0 Å². The summed E-state index contributed by atoms with van der Waals surface area (Å²) in [5, 5.41) is 0. The molecule has 0 aromatic rings. The van der Waals surface area contributed by atoms with Crippen LogP contribution in [0.25, 0.3) is 0 Å². The quantitative estimate of drug-likeness (QED) is 0.0511. The monoisotopic (exact) mass is 977 g/mol. The molecule has 0 aliphatic heterocycles. The number of rotatable bonds is 25. The molecule has 0 saturated carbocycles. The average Bonchev–Trinajstić information content (AvgIpc) is 3.39. The second kappa shape index (κ2) is 68.7. The largest absolute Gasteiger partial charge is 0.412 e. The number of ketones is 1. The maximum absolute atomic E-state index is 12.3. The van der Waals surface area contributed by atoms with Crippen molar-refractivity contribution >= 4 is 5.78 Å². The highest BCUT2D eigenvalue weighted by Gasteiger charge is 2.19. The van der Waals surface area contributed by atoms with Gasteiger partial charge in [-0.2, -0.15) is 0 Å². The van der Waals surface area contributed by atoms with Crippen molar-refractivity contribution in [1.82, 2.24) is 0 Å². The van der Waals surface area contributed by atoms with Gasteiger partial charge in [-0.1, -0.05) is 164 Å². The Kier molecular flexibility index (Phi) is 69.1. The highest BCUT2D eigenvalue weighted by molar-refractivity contribution is 5.96. The maximum Gasteiger partial charge on any atom is 0.158 e. The SMILES string of the molecule is C#CC#CC#CC#CC#CC#CC#CC#CC#C.C#CC#CC#CC#CC#CC#CC#CC#CC#C.CCCCC/C(CCC)=C(\CCCC)C(=O)CCC.CCCCCC(CCC)C(CCCC)CCCC.O.[HH]. The highest BCUT2D eigenvalue weighted by atomic mass is 16.1. The molecule has 0 heterocycles. The van der Waals surface area contributed by atoms with E-state index in [2.05, 4.69) is 245 Å². The number of allylic oxidation sites excluding steroid dienone is 2. The average molecular weight is 977 g/mol. The van der Waals surface area contributed by atoms with E-state index in [9.17, 15) is 4.79 Å². The van der Waals surface area contributed by atoms with E-state index in [1.807, 2.05) is 0 Å². The van der Waals surface area contributed by atoms with Crippen LogP contribution in [0.1, 0.15) is 204 Å². The van der Waals surface area contributed by atoms with Gasteiger partial charge >= 0.3 is 0 Å². The van der Waals surface area contributed by atoms with E-state index >= 15 is 0 Å². The third-order valence-corrected chi connectivity index (χ3v) is 9.93. The first kappa shape index (κ1) is 74.4. The maximum atomic E-state index is 12.3. The first-order chi connectivity index (χ1) is 35.8. The van der Waals surface area contributed by atoms with Gasteiger partial charge in [-0.05, 0) is 245 Å². The molecule has 1 unspecified atom stereocenters. The zero-order valence-corrected chi connectivity index (χ0v) is 46.1. The van der Waals surface area contributed by atoms with E-state index in [1.54, 1.807) is 0 Å². The lowest BCUT2D eigenvalue weighted by Gasteiger charge is -2.27. The Morgan fingerprint density at radius 1 is 0.297 bits per heavy atom. The standard InChI is InChI=1S/C18H34O.C18H38.2C18H2.H2O.H2/c1-5-9-11-14-16(12-7-3)17(15-10-6-2)18(19)13-8-4;1-5-9-12-16-17(13-8-4)18(14-10-6-2)15-11-7-3;2*1-3-5-7-9-11-13-15-17-18-16-14-12-10-8-6-4-2;;/h5-15H2,1-4H3;17-18H,5-16H2,1-4H3;2*1-2H;1H2;1H/b17-16+;;;;;. The van der Waals surface area contributed by atoms with Crippen molar-refractivity contribution < 1.29 is 11.7 Å². The van der Waals surface area contributed by atoms with Gasteiger partial charge < -0.3 is 5.48 Å². The fourth-order valence-electron chi connectivity index (χ4n) is 6.65. The number of Topliss-reactive ketones (excluding diaryl/α,β-unsaturated/α-hetero) is 1. The number of carbonyl (C=O) groups is 1. The lowest BCUT2D eigenvalue weighted by atomic mass is 9.79. The van der Waals surface area contributed by atoms with Gasteiger partial charge in [0.1, 0.15) is 0 Å². The van der Waals surface area contributed by atoms with Crippen LogP contribution < -0.4 is 0 Å². The van der Waals surface area contributed by atoms with Crippen molar-refractivity contribution in [2.75, 3.05) is 0 Å². The summed E-state index contributed by atoms with van der Waals surface area (Å²) in [4.78, 5) is 12.3. The van der Waals surface area contributed by atoms with Gasteiger partial charge in [-0.3, -0.25) is 4.79 Å². The molecular formula is C72H80O2. The zero-order chi connectivity index (χ0) is 54.8. The van der Waals surface area contributed by atoms with Gasteiger partial charge in [0.05, 0.1) is 0 Å². The molecule has 0 spiro atoms. The molecule has 0 rings (SSSR count). The Bertz CT molecular complexity index is 2450. The van der Waals surface area contributed by atoms with E-state index in [4.69, 9.17) is 25.7 Å². The number of unbranched alkanes of at least 4 members (excludes halogenated alkanes) is 7. The summed E-state index contributed by atoms with van der Waals surface area (Å²) in [5.41, 5.74) is 2.67. The van der Waals surface area contributed by atoms with Crippen LogP contribution in [0.3, 0.4) is 0 Å². The second-order valence-corrected chi connectivity index (χ2v) is 15.7. The van der Waals surface area contributed by atoms with Crippen LogP contribution in [-0.4, -0.2) is 11.3 Å². The van der Waals surface area contributed by atoms with Crippen molar-refractivity contribution in [2.45, 2.75) is 203 Å². The minimum absolute atomic E-state index is 0. The van der Waals surface area contributed by atoms with Gasteiger partial charge in [0, 0.05) is 7.85 Å². The van der Waals surface area contributed by atoms with Crippen LogP contribution in [0, 0.1) is 227 Å². The van der Waals surface area contributed by atoms with E-state index in [0.717, 1.165) is 56.8 Å². The first-order valence-corrected chi connectivity index (χ1v) is 25.9. The molecule has 0 fully saturated rings. The predicted octanol–water partition coefficient (Wildman–Crippen LogP) is 13.2. The Morgan fingerprint density at radius 2 is 0.581 bits per heavy atom. The first-order valence-electron chi connectivity index (χ1n) is 25.9. The molecule has 0 aromatic heterocycles. The summed E-state index contributed by atoms with van der Waals surface area (Å²) in [7, 11) is 0. The number of hydrogen-bond donors (Lipinski definition) is 0. The van der Waals surface area contributed by atoms with Crippen LogP contribution in [0.5, 0.6) is 0 Å². The van der Waals surface area contributed by atoms with E-state index < -0.39 is 0 Å². The minimum Gasteiger partial charge on any atom is -0.412 e. The van der Waals surface area contributed by atoms with Crippen molar-refractivity contribution in [1.29, 1.82) is 0 Å². The molecule has 0 bridgehead atoms. The van der Waals surface area contributed by atoms with Gasteiger partial charge in [0.2, 0.25) is 0 Å². The van der Waals surface area contributed by atoms with Gasteiger partial charge in [-0.15, -0.1) is 25.7 Å². The number of carbonyl (C=O) groups excluding carboxylic acids is 1. The minimum atomic E-state index is 0. The summed E-state index contributed by atoms with van der Waals surface area (Å²) in [6.07, 6.45) is 49.1. The van der Waals surface area contributed by atoms with Crippen LogP contribution in [-0.2, 0) is 4.79 Å². The van der Waals surface area contributed by atoms with Crippen LogP contribution >= 0.6 is 0 Å². The molecule has 380 valence electrons. The second-order valence-electron chi connectivity index (χ2n) is 15.7. The molecule has 2 heteroatoms. The topological polar surface area (TPSA) is 48.6 Å². The van der Waals surface area contributed by atoms with E-state index in [-0.39, 0.29) is 6.90 Å². The summed E-state index contributed by atoms with van der Waals surface area (Å²) in [5.74, 6) is 79.0. The molecule has 0 amide bonds. The Morgan fingerprint density at radius 3 is 0.865 bits per heavy atom. The van der Waals surface area contributed by atoms with Gasteiger partial charge in [0.25, 0.3) is 0 Å². The van der Waals surface area contributed by atoms with E-state index in [0.29, 0.717) is 5.78 Å². The summed E-state index contributed by atoms with van der Waals surface area (Å²) in [6, 6.07) is 0. The lowest BCUT2D eigenvalue weighted by Crippen LogP contribution is -2.15. The number of terminal acetylenes is 4. The highest BCUT2D eigenvalue weighted by Crippen LogP contribution is 2.32. The molecular weight excluding hydrogens is 897 g/mol. The number of hydrogen-bond acceptors (Lipinski definition) is 1. The Labute approximate surface area is 456 Å². The third-order valence-electron chi connectivity index (χ3n) is 9.93. The fourth-order valence-corrected chi connectivity index (χ4v) is 6.65. The Balaban J connectivity index is -0.000000210. The van der Waals surface area contributed by atoms with Gasteiger partial charge in [-0.25, -0.2) is 0 Å². The molecule has 1 atom stereocenters. The molecule has 2 nitrogen and oxygen atoms in total. The van der Waals surface area contributed by atoms with Crippen molar-refractivity contribution in [2.24, 2.45) is 11.8 Å². The molecule has 0 saturated heterocycles. The smallest absolute Gasteiger partial charge is 0.158 e. The molecule has 74 heavy (non-hydrogen) atoms. The molecule has 0 radical (unpaired) electrons. The van der Waals surface area contributed by atoms with Crippen molar-refractivity contribution in [3.05, 3.63) is 11.1 Å². The van der Waals surface area contributed by atoms with Crippen LogP contribution in [0.15, 0.2) is 11.1 Å². The molecule has 0 aromatic carbocycles. The molecule has 2 N–H and O–H groups in total. The normalized spacial score (nSPS) is 8.18. The zero-order valence-electron chi connectivity index (χ0n) is 46.1. The van der Waals surface area contributed by atoms with Crippen LogP contribution in [0.4, 0.5) is 0 Å². The third kappa shape index (κ3) is 59.6. The van der Waals surface area contributed by atoms with Gasteiger partial charge in [0.15, 0.2) is 5.78 Å². The summed E-state index contributed by atoms with van der Waals surface area (Å²) < 4.78 is 0. The molecule has 0 aliphatic rings. The molecule has 0 aliphatic carbocycles. The fraction of sp³-hybridized carbons (Fsp3) is 0.458. The van der Waals surface area contributed by atoms with E-state index in [1.165, 1.54) is 114 Å². The van der Waals surface area contributed by atoms with Crippen molar-refractivity contribution in [3.8, 4) is 215 Å².